The van der Waals surface area contributed by atoms with Gasteiger partial charge in [0.25, 0.3) is 0 Å². The Morgan fingerprint density at radius 1 is 1.11 bits per heavy atom. The Labute approximate surface area is 172 Å². The molecular formula is C21H30ClN3O3. The van der Waals surface area contributed by atoms with E-state index in [2.05, 4.69) is 5.32 Å². The van der Waals surface area contributed by atoms with Crippen LogP contribution in [-0.2, 0) is 12.8 Å². The summed E-state index contributed by atoms with van der Waals surface area (Å²) < 4.78 is 11.5. The van der Waals surface area contributed by atoms with Gasteiger partial charge in [-0.15, -0.1) is 12.4 Å². The lowest BCUT2D eigenvalue weighted by Gasteiger charge is -2.19. The van der Waals surface area contributed by atoms with Crippen molar-refractivity contribution in [3.05, 3.63) is 47.5 Å². The zero-order valence-corrected chi connectivity index (χ0v) is 17.0. The van der Waals surface area contributed by atoms with Crippen molar-refractivity contribution in [2.24, 2.45) is 0 Å². The molecule has 0 saturated carbocycles. The number of aliphatic hydroxyl groups is 1. The lowest BCUT2D eigenvalue weighted by atomic mass is 10.1. The smallest absolute Gasteiger partial charge is 0.144 e. The molecular weight excluding hydrogens is 378 g/mol. The zero-order chi connectivity index (χ0) is 19.2. The number of fused-ring (bicyclic) bond motifs is 1. The average Bonchev–Trinajstić information content (AvgIpc) is 3.13. The highest BCUT2D eigenvalue weighted by molar-refractivity contribution is 5.85. The van der Waals surface area contributed by atoms with Crippen molar-refractivity contribution in [1.82, 2.24) is 5.32 Å². The summed E-state index contributed by atoms with van der Waals surface area (Å²) in [6.45, 7) is 3.17. The van der Waals surface area contributed by atoms with Crippen LogP contribution in [0.1, 0.15) is 24.5 Å². The quantitative estimate of drug-likeness (QED) is 0.476. The molecule has 2 atom stereocenters. The van der Waals surface area contributed by atoms with E-state index < -0.39 is 6.10 Å². The minimum absolute atomic E-state index is 0. The van der Waals surface area contributed by atoms with E-state index in [1.807, 2.05) is 43.3 Å². The average molecular weight is 408 g/mol. The van der Waals surface area contributed by atoms with E-state index in [0.29, 0.717) is 30.2 Å². The molecule has 6 N–H and O–H groups in total. The van der Waals surface area contributed by atoms with Crippen molar-refractivity contribution < 1.29 is 14.6 Å². The molecule has 3 rings (SSSR count). The molecule has 1 aliphatic carbocycles. The first-order valence-corrected chi connectivity index (χ1v) is 9.47. The lowest BCUT2D eigenvalue weighted by molar-refractivity contribution is 0.103. The number of nitrogen functional groups attached to an aromatic ring is 2. The minimum Gasteiger partial charge on any atom is -0.489 e. The van der Waals surface area contributed by atoms with E-state index in [4.69, 9.17) is 20.9 Å². The highest BCUT2D eigenvalue weighted by Gasteiger charge is 2.19. The standard InChI is InChI=1S/C21H29N3O3.ClH/c1-14(27-17-7-3-2-4-8-17)11-24-12-16(25)13-26-19-10-15-6-5-9-18(15)20(22)21(19)23;/h2-4,7-8,10,14,16,24-25H,5-6,9,11-13,22-23H2,1H3;1H. The minimum atomic E-state index is -0.650. The Bertz CT molecular complexity index is 758. The van der Waals surface area contributed by atoms with Crippen LogP contribution >= 0.6 is 12.4 Å². The fraction of sp³-hybridized carbons (Fsp3) is 0.429. The van der Waals surface area contributed by atoms with E-state index in [0.717, 1.165) is 30.6 Å². The summed E-state index contributed by atoms with van der Waals surface area (Å²) in [6.07, 6.45) is 2.41. The number of hydrogen-bond acceptors (Lipinski definition) is 6. The predicted molar refractivity (Wildman–Crippen MR) is 115 cm³/mol. The molecule has 2 aromatic rings. The van der Waals surface area contributed by atoms with Gasteiger partial charge in [-0.05, 0) is 55.5 Å². The number of anilines is 2. The molecule has 1 aliphatic rings. The van der Waals surface area contributed by atoms with E-state index in [-0.39, 0.29) is 25.1 Å². The first-order valence-electron chi connectivity index (χ1n) is 9.47. The van der Waals surface area contributed by atoms with Crippen LogP contribution in [0.4, 0.5) is 11.4 Å². The van der Waals surface area contributed by atoms with Crippen LogP contribution in [-0.4, -0.2) is 37.0 Å². The first kappa shape index (κ1) is 22.1. The van der Waals surface area contributed by atoms with E-state index in [9.17, 15) is 5.11 Å². The fourth-order valence-corrected chi connectivity index (χ4v) is 3.36. The fourth-order valence-electron chi connectivity index (χ4n) is 3.36. The molecule has 154 valence electrons. The molecule has 2 aromatic carbocycles. The highest BCUT2D eigenvalue weighted by Crippen LogP contribution is 2.38. The van der Waals surface area contributed by atoms with Gasteiger partial charge in [0.1, 0.15) is 30.3 Å². The summed E-state index contributed by atoms with van der Waals surface area (Å²) in [5.41, 5.74) is 15.7. The second kappa shape index (κ2) is 10.4. The third-order valence-electron chi connectivity index (χ3n) is 4.77. The molecule has 28 heavy (non-hydrogen) atoms. The maximum Gasteiger partial charge on any atom is 0.144 e. The molecule has 7 heteroatoms. The van der Waals surface area contributed by atoms with Gasteiger partial charge >= 0.3 is 0 Å². The summed E-state index contributed by atoms with van der Waals surface area (Å²) in [7, 11) is 0. The number of ether oxygens (including phenoxy) is 2. The van der Waals surface area contributed by atoms with Gasteiger partial charge in [0, 0.05) is 13.1 Å². The first-order chi connectivity index (χ1) is 13.0. The Kier molecular flexibility index (Phi) is 8.23. The number of aliphatic hydroxyl groups excluding tert-OH is 1. The van der Waals surface area contributed by atoms with E-state index in [1.165, 1.54) is 5.56 Å². The molecule has 0 spiro atoms. The molecule has 0 aromatic heterocycles. The molecule has 2 unspecified atom stereocenters. The van der Waals surface area contributed by atoms with Gasteiger partial charge in [0.2, 0.25) is 0 Å². The van der Waals surface area contributed by atoms with Crippen molar-refractivity contribution in [3.8, 4) is 11.5 Å². The van der Waals surface area contributed by atoms with Crippen molar-refractivity contribution in [3.63, 3.8) is 0 Å². The number of halogens is 1. The largest absolute Gasteiger partial charge is 0.489 e. The van der Waals surface area contributed by atoms with Gasteiger partial charge in [0.15, 0.2) is 0 Å². The molecule has 0 saturated heterocycles. The van der Waals surface area contributed by atoms with Gasteiger partial charge in [-0.25, -0.2) is 0 Å². The van der Waals surface area contributed by atoms with Gasteiger partial charge in [0.05, 0.1) is 11.4 Å². The van der Waals surface area contributed by atoms with Crippen LogP contribution < -0.4 is 26.3 Å². The molecule has 0 fully saturated rings. The van der Waals surface area contributed by atoms with Crippen molar-refractivity contribution in [2.75, 3.05) is 31.2 Å². The Morgan fingerprint density at radius 3 is 2.61 bits per heavy atom. The summed E-state index contributed by atoms with van der Waals surface area (Å²) >= 11 is 0. The zero-order valence-electron chi connectivity index (χ0n) is 16.2. The number of rotatable bonds is 9. The van der Waals surface area contributed by atoms with Crippen LogP contribution in [0.15, 0.2) is 36.4 Å². The number of hydrogen-bond donors (Lipinski definition) is 4. The lowest BCUT2D eigenvalue weighted by Crippen LogP contribution is -2.36. The molecule has 6 nitrogen and oxygen atoms in total. The molecule has 0 amide bonds. The topological polar surface area (TPSA) is 103 Å². The molecule has 0 aliphatic heterocycles. The van der Waals surface area contributed by atoms with Crippen LogP contribution in [0.25, 0.3) is 0 Å². The summed E-state index contributed by atoms with van der Waals surface area (Å²) in [5, 5.41) is 13.4. The SMILES string of the molecule is CC(CNCC(O)COc1cc2c(c(N)c1N)CCC2)Oc1ccccc1.Cl. The number of aryl methyl sites for hydroxylation is 1. The van der Waals surface area contributed by atoms with Crippen LogP contribution in [0.5, 0.6) is 11.5 Å². The Balaban J connectivity index is 0.00000280. The summed E-state index contributed by atoms with van der Waals surface area (Å²) in [4.78, 5) is 0. The Morgan fingerprint density at radius 2 is 1.86 bits per heavy atom. The van der Waals surface area contributed by atoms with Gasteiger partial charge in [-0.3, -0.25) is 0 Å². The normalized spacial score (nSPS) is 14.6. The third kappa shape index (κ3) is 5.67. The second-order valence-electron chi connectivity index (χ2n) is 7.06. The number of benzene rings is 2. The second-order valence-corrected chi connectivity index (χ2v) is 7.06. The van der Waals surface area contributed by atoms with Crippen molar-refractivity contribution in [1.29, 1.82) is 0 Å². The predicted octanol–water partition coefficient (Wildman–Crippen LogP) is 2.56. The van der Waals surface area contributed by atoms with Crippen molar-refractivity contribution in [2.45, 2.75) is 38.4 Å². The monoisotopic (exact) mass is 407 g/mol. The van der Waals surface area contributed by atoms with Crippen LogP contribution in [0.3, 0.4) is 0 Å². The highest BCUT2D eigenvalue weighted by atomic mass is 35.5. The molecule has 0 bridgehead atoms. The number of nitrogens with two attached hydrogens (primary N) is 2. The maximum absolute atomic E-state index is 10.2. The Hall–Kier alpha value is -2.15. The number of nitrogens with one attached hydrogen (secondary N) is 1. The van der Waals surface area contributed by atoms with Gasteiger partial charge < -0.3 is 31.4 Å². The summed E-state index contributed by atoms with van der Waals surface area (Å²) in [5.74, 6) is 1.40. The maximum atomic E-state index is 10.2. The van der Waals surface area contributed by atoms with E-state index >= 15 is 0 Å². The van der Waals surface area contributed by atoms with Crippen LogP contribution in [0, 0.1) is 0 Å². The van der Waals surface area contributed by atoms with Crippen molar-refractivity contribution >= 4 is 23.8 Å². The van der Waals surface area contributed by atoms with Gasteiger partial charge in [-0.1, -0.05) is 18.2 Å². The van der Waals surface area contributed by atoms with E-state index in [1.54, 1.807) is 0 Å². The van der Waals surface area contributed by atoms with Gasteiger partial charge in [-0.2, -0.15) is 0 Å². The third-order valence-corrected chi connectivity index (χ3v) is 4.77. The summed E-state index contributed by atoms with van der Waals surface area (Å²) in [6, 6.07) is 11.6. The van der Waals surface area contributed by atoms with Crippen LogP contribution in [0.2, 0.25) is 0 Å². The molecule has 0 radical (unpaired) electrons. The number of para-hydroxylation sites is 1. The molecule has 0 heterocycles.